The highest BCUT2D eigenvalue weighted by Gasteiger charge is 2.02. The molecule has 0 fully saturated rings. The molecule has 0 N–H and O–H groups in total. The zero-order valence-electron chi connectivity index (χ0n) is 15.4. The number of hydrogen-bond donors (Lipinski definition) is 0. The van der Waals surface area contributed by atoms with Gasteiger partial charge in [0, 0.05) is 6.42 Å². The largest absolute Gasteiger partial charge is 0.469 e. The average molecular weight is 314 g/mol. The molecule has 0 radical (unpaired) electrons. The Labute approximate surface area is 138 Å². The predicted molar refractivity (Wildman–Crippen MR) is 95.2 cm³/mol. The average Bonchev–Trinajstić information content (AvgIpc) is 2.52. The molecule has 0 aliphatic rings. The third-order valence-electron chi connectivity index (χ3n) is 4.29. The normalized spacial score (nSPS) is 11.1. The molecule has 0 rings (SSSR count). The van der Waals surface area contributed by atoms with Crippen LogP contribution in [0.5, 0.6) is 0 Å². The molecule has 0 spiro atoms. The molecule has 0 aromatic carbocycles. The Morgan fingerprint density at radius 1 is 0.773 bits per heavy atom. The van der Waals surface area contributed by atoms with E-state index in [1.165, 1.54) is 77.7 Å². The summed E-state index contributed by atoms with van der Waals surface area (Å²) in [6, 6.07) is 0. The van der Waals surface area contributed by atoms with Crippen LogP contribution in [-0.4, -0.2) is 38.1 Å². The predicted octanol–water partition coefficient (Wildman–Crippen LogP) is 5.18. The van der Waals surface area contributed by atoms with Gasteiger partial charge in [-0.1, -0.05) is 71.1 Å². The Morgan fingerprint density at radius 3 is 1.73 bits per heavy atom. The van der Waals surface area contributed by atoms with Crippen molar-refractivity contribution in [1.82, 2.24) is 4.90 Å². The molecule has 0 unspecified atom stereocenters. The summed E-state index contributed by atoms with van der Waals surface area (Å²) >= 11 is 0. The second kappa shape index (κ2) is 16.8. The van der Waals surface area contributed by atoms with Crippen LogP contribution in [0.1, 0.15) is 90.4 Å². The van der Waals surface area contributed by atoms with Gasteiger partial charge in [0.25, 0.3) is 0 Å². The summed E-state index contributed by atoms with van der Waals surface area (Å²) in [5.41, 5.74) is 0. The van der Waals surface area contributed by atoms with Gasteiger partial charge in [-0.05, 0) is 33.0 Å². The van der Waals surface area contributed by atoms with Crippen molar-refractivity contribution < 1.29 is 9.53 Å². The number of unbranched alkanes of at least 4 members (excludes halogenated alkanes) is 10. The summed E-state index contributed by atoms with van der Waals surface area (Å²) in [5.74, 6) is -0.0944. The molecule has 0 bridgehead atoms. The Bertz CT molecular complexity index is 244. The number of carbonyl (C=O) groups is 1. The molecule has 0 saturated carbocycles. The number of nitrogens with zero attached hydrogens (tertiary/aromatic N) is 1. The molecule has 0 amide bonds. The van der Waals surface area contributed by atoms with Crippen LogP contribution in [0.15, 0.2) is 0 Å². The van der Waals surface area contributed by atoms with Gasteiger partial charge in [-0.2, -0.15) is 0 Å². The summed E-state index contributed by atoms with van der Waals surface area (Å²) in [4.78, 5) is 13.3. The summed E-state index contributed by atoms with van der Waals surface area (Å²) in [6.07, 6.45) is 16.8. The maximum atomic E-state index is 11.0. The fourth-order valence-electron chi connectivity index (χ4n) is 2.75. The lowest BCUT2D eigenvalue weighted by molar-refractivity contribution is -0.140. The van der Waals surface area contributed by atoms with Crippen molar-refractivity contribution in [3.05, 3.63) is 0 Å². The SMILES string of the molecule is CCCCCCCCCCCCCN(C)CCCC(=O)OC. The van der Waals surface area contributed by atoms with Crippen molar-refractivity contribution in [1.29, 1.82) is 0 Å². The molecule has 3 nitrogen and oxygen atoms in total. The number of esters is 1. The third-order valence-corrected chi connectivity index (χ3v) is 4.29. The topological polar surface area (TPSA) is 29.5 Å². The van der Waals surface area contributed by atoms with Crippen LogP contribution in [0, 0.1) is 0 Å². The van der Waals surface area contributed by atoms with Gasteiger partial charge in [0.05, 0.1) is 7.11 Å². The molecular formula is C19H39NO2. The van der Waals surface area contributed by atoms with Gasteiger partial charge in [0.1, 0.15) is 0 Å². The van der Waals surface area contributed by atoms with Crippen LogP contribution >= 0.6 is 0 Å². The van der Waals surface area contributed by atoms with E-state index in [-0.39, 0.29) is 5.97 Å². The standard InChI is InChI=1S/C19H39NO2/c1-4-5-6-7-8-9-10-11-12-13-14-17-20(2)18-15-16-19(21)22-3/h4-18H2,1-3H3. The van der Waals surface area contributed by atoms with Crippen molar-refractivity contribution in [2.75, 3.05) is 27.2 Å². The number of methoxy groups -OCH3 is 1. The molecule has 0 atom stereocenters. The van der Waals surface area contributed by atoms with Gasteiger partial charge in [0.15, 0.2) is 0 Å². The highest BCUT2D eigenvalue weighted by atomic mass is 16.5. The van der Waals surface area contributed by atoms with E-state index in [9.17, 15) is 4.79 Å². The van der Waals surface area contributed by atoms with E-state index < -0.39 is 0 Å². The van der Waals surface area contributed by atoms with E-state index in [1.54, 1.807) is 0 Å². The quantitative estimate of drug-likeness (QED) is 0.290. The maximum absolute atomic E-state index is 11.0. The number of hydrogen-bond acceptors (Lipinski definition) is 3. The second-order valence-corrected chi connectivity index (χ2v) is 6.52. The first kappa shape index (κ1) is 21.4. The lowest BCUT2D eigenvalue weighted by atomic mass is 10.1. The van der Waals surface area contributed by atoms with E-state index in [2.05, 4.69) is 23.6 Å². The first-order chi connectivity index (χ1) is 10.7. The van der Waals surface area contributed by atoms with Crippen LogP contribution in [0.4, 0.5) is 0 Å². The molecular weight excluding hydrogens is 274 g/mol. The van der Waals surface area contributed by atoms with E-state index in [4.69, 9.17) is 0 Å². The summed E-state index contributed by atoms with van der Waals surface area (Å²) < 4.78 is 4.65. The van der Waals surface area contributed by atoms with Crippen LogP contribution in [0.2, 0.25) is 0 Å². The van der Waals surface area contributed by atoms with Crippen molar-refractivity contribution in [2.45, 2.75) is 90.4 Å². The highest BCUT2D eigenvalue weighted by molar-refractivity contribution is 5.69. The monoisotopic (exact) mass is 313 g/mol. The molecule has 22 heavy (non-hydrogen) atoms. The maximum Gasteiger partial charge on any atom is 0.305 e. The fraction of sp³-hybridized carbons (Fsp3) is 0.947. The lowest BCUT2D eigenvalue weighted by Crippen LogP contribution is -2.21. The van der Waals surface area contributed by atoms with Crippen molar-refractivity contribution in [3.8, 4) is 0 Å². The van der Waals surface area contributed by atoms with Crippen LogP contribution < -0.4 is 0 Å². The minimum Gasteiger partial charge on any atom is -0.469 e. The summed E-state index contributed by atoms with van der Waals surface area (Å²) in [7, 11) is 3.60. The Balaban J connectivity index is 3.16. The van der Waals surface area contributed by atoms with E-state index >= 15 is 0 Å². The summed E-state index contributed by atoms with van der Waals surface area (Å²) in [5, 5.41) is 0. The minimum absolute atomic E-state index is 0.0944. The summed E-state index contributed by atoms with van der Waals surface area (Å²) in [6.45, 7) is 4.42. The molecule has 0 aliphatic carbocycles. The van der Waals surface area contributed by atoms with Gasteiger partial charge in [-0.25, -0.2) is 0 Å². The third kappa shape index (κ3) is 15.8. The molecule has 0 saturated heterocycles. The fourth-order valence-corrected chi connectivity index (χ4v) is 2.75. The zero-order valence-corrected chi connectivity index (χ0v) is 15.4. The van der Waals surface area contributed by atoms with Crippen LogP contribution in [-0.2, 0) is 9.53 Å². The molecule has 0 aromatic rings. The van der Waals surface area contributed by atoms with Crippen molar-refractivity contribution in [2.24, 2.45) is 0 Å². The van der Waals surface area contributed by atoms with Crippen LogP contribution in [0.3, 0.4) is 0 Å². The first-order valence-corrected chi connectivity index (χ1v) is 9.46. The zero-order chi connectivity index (χ0) is 16.5. The van der Waals surface area contributed by atoms with Crippen LogP contribution in [0.25, 0.3) is 0 Å². The molecule has 0 aliphatic heterocycles. The van der Waals surface area contributed by atoms with Gasteiger partial charge >= 0.3 is 5.97 Å². The lowest BCUT2D eigenvalue weighted by Gasteiger charge is -2.15. The van der Waals surface area contributed by atoms with Gasteiger partial charge in [-0.15, -0.1) is 0 Å². The van der Waals surface area contributed by atoms with Gasteiger partial charge < -0.3 is 9.64 Å². The Morgan fingerprint density at radius 2 is 1.23 bits per heavy atom. The van der Waals surface area contributed by atoms with E-state index in [0.717, 1.165) is 19.5 Å². The van der Waals surface area contributed by atoms with E-state index in [0.29, 0.717) is 6.42 Å². The number of rotatable bonds is 16. The molecule has 132 valence electrons. The number of carbonyl (C=O) groups excluding carboxylic acids is 1. The molecule has 0 heterocycles. The van der Waals surface area contributed by atoms with Gasteiger partial charge in [0.2, 0.25) is 0 Å². The Kier molecular flexibility index (Phi) is 16.4. The molecule has 3 heteroatoms. The Hall–Kier alpha value is -0.570. The molecule has 0 aromatic heterocycles. The highest BCUT2D eigenvalue weighted by Crippen LogP contribution is 2.11. The second-order valence-electron chi connectivity index (χ2n) is 6.52. The first-order valence-electron chi connectivity index (χ1n) is 9.46. The van der Waals surface area contributed by atoms with E-state index in [1.807, 2.05) is 0 Å². The van der Waals surface area contributed by atoms with Crippen molar-refractivity contribution in [3.63, 3.8) is 0 Å². The number of ether oxygens (including phenoxy) is 1. The smallest absolute Gasteiger partial charge is 0.305 e. The van der Waals surface area contributed by atoms with Gasteiger partial charge in [-0.3, -0.25) is 4.79 Å². The van der Waals surface area contributed by atoms with Crippen molar-refractivity contribution >= 4 is 5.97 Å². The minimum atomic E-state index is -0.0944.